The third kappa shape index (κ3) is 4.62. The van der Waals surface area contributed by atoms with Crippen molar-refractivity contribution in [1.29, 1.82) is 0 Å². The molecule has 1 aliphatic carbocycles. The molecule has 242 valence electrons. The van der Waals surface area contributed by atoms with Gasteiger partial charge in [0.25, 0.3) is 0 Å². The Morgan fingerprint density at radius 3 is 2.18 bits per heavy atom. The van der Waals surface area contributed by atoms with Crippen LogP contribution in [0.25, 0.3) is 72.5 Å². The second-order valence-electron chi connectivity index (χ2n) is 13.6. The summed E-state index contributed by atoms with van der Waals surface area (Å²) in [6, 6.07) is 41.0. The summed E-state index contributed by atoms with van der Waals surface area (Å²) in [4.78, 5) is 9.26. The predicted octanol–water partition coefficient (Wildman–Crippen LogP) is 11.5. The Bertz CT molecular complexity index is 2810. The Kier molecular flexibility index (Phi) is 6.14. The van der Waals surface area contributed by atoms with Crippen molar-refractivity contribution in [3.63, 3.8) is 0 Å². The molecule has 0 saturated carbocycles. The number of aliphatic imine (C=N–C) groups is 1. The number of benzene rings is 5. The first-order valence-electron chi connectivity index (χ1n) is 17.5. The summed E-state index contributed by atoms with van der Waals surface area (Å²) in [6.45, 7) is 0. The van der Waals surface area contributed by atoms with Gasteiger partial charge in [0.2, 0.25) is 0 Å². The van der Waals surface area contributed by atoms with E-state index in [1.54, 1.807) is 0 Å². The van der Waals surface area contributed by atoms with Crippen LogP contribution in [-0.2, 0) is 6.42 Å². The summed E-state index contributed by atoms with van der Waals surface area (Å²) in [5, 5.41) is 2.22. The number of pyridine rings is 1. The first-order chi connectivity index (χ1) is 25.2. The molecule has 0 fully saturated rings. The van der Waals surface area contributed by atoms with Gasteiger partial charge in [-0.05, 0) is 106 Å². The molecule has 0 N–H and O–H groups in total. The maximum atomic E-state index is 6.34. The Balaban J connectivity index is 0.925. The van der Waals surface area contributed by atoms with Gasteiger partial charge < -0.3 is 13.6 Å². The minimum absolute atomic E-state index is 0.0200. The second kappa shape index (κ2) is 11.0. The van der Waals surface area contributed by atoms with E-state index in [-0.39, 0.29) is 12.0 Å². The molecule has 3 aromatic heterocycles. The number of hydrogen-bond donors (Lipinski definition) is 0. The fraction of sp³-hybridized carbons (Fsp3) is 0.0870. The highest BCUT2D eigenvalue weighted by atomic mass is 16.5. The lowest BCUT2D eigenvalue weighted by molar-refractivity contribution is 0.285. The topological polar surface area (TPSA) is 60.8 Å². The minimum Gasteiger partial charge on any atom is -0.483 e. The standard InChI is InChI=1S/C46H30N2O3/c1-5-27(21-29(7-1)33-13-17-41-37(25-33)45-43(50-41)9-3-19-47-45)31-11-15-39-35(23-31)36-24-32(12-16-40(36)49-39)28-6-2-8-30(22-28)34-14-18-42-38(26-34)46-44(51-42)10-4-20-48-46/h1-9,11-24,26,33,44H,10,25H2. The third-order valence-corrected chi connectivity index (χ3v) is 10.6. The summed E-state index contributed by atoms with van der Waals surface area (Å²) in [5.41, 5.74) is 15.1. The van der Waals surface area contributed by atoms with Crippen molar-refractivity contribution >= 4 is 44.8 Å². The fourth-order valence-corrected chi connectivity index (χ4v) is 8.04. The Morgan fingerprint density at radius 1 is 0.627 bits per heavy atom. The molecule has 0 saturated heterocycles. The number of rotatable bonds is 4. The zero-order valence-corrected chi connectivity index (χ0v) is 27.5. The van der Waals surface area contributed by atoms with Crippen LogP contribution in [0, 0.1) is 0 Å². The molecule has 2 unspecified atom stereocenters. The average molecular weight is 659 g/mol. The number of aromatic nitrogens is 1. The molecule has 5 nitrogen and oxygen atoms in total. The first kappa shape index (κ1) is 28.4. The van der Waals surface area contributed by atoms with Crippen molar-refractivity contribution in [3.05, 3.63) is 162 Å². The van der Waals surface area contributed by atoms with E-state index in [2.05, 4.69) is 131 Å². The van der Waals surface area contributed by atoms with Crippen molar-refractivity contribution in [2.24, 2.45) is 4.99 Å². The largest absolute Gasteiger partial charge is 0.483 e. The van der Waals surface area contributed by atoms with Crippen LogP contribution >= 0.6 is 0 Å². The van der Waals surface area contributed by atoms with E-state index >= 15 is 0 Å². The van der Waals surface area contributed by atoms with E-state index in [4.69, 9.17) is 13.6 Å². The molecular weight excluding hydrogens is 629 g/mol. The fourth-order valence-electron chi connectivity index (χ4n) is 8.04. The molecule has 5 aromatic carbocycles. The van der Waals surface area contributed by atoms with Crippen molar-refractivity contribution in [3.8, 4) is 39.1 Å². The van der Waals surface area contributed by atoms with E-state index in [9.17, 15) is 0 Å². The van der Waals surface area contributed by atoms with Crippen LogP contribution in [0.1, 0.15) is 34.8 Å². The minimum atomic E-state index is 0.0200. The highest BCUT2D eigenvalue weighted by molar-refractivity contribution is 6.10. The van der Waals surface area contributed by atoms with Crippen molar-refractivity contribution < 1.29 is 13.6 Å². The molecular formula is C46H30N2O3. The average Bonchev–Trinajstić information content (AvgIpc) is 3.88. The number of allylic oxidation sites excluding steroid dienone is 1. The highest BCUT2D eigenvalue weighted by Gasteiger charge is 2.31. The highest BCUT2D eigenvalue weighted by Crippen LogP contribution is 2.40. The quantitative estimate of drug-likeness (QED) is 0.189. The molecule has 3 aliphatic rings. The maximum Gasteiger partial charge on any atom is 0.153 e. The number of fused-ring (bicyclic) bond motifs is 9. The van der Waals surface area contributed by atoms with Crippen LogP contribution in [0.15, 0.2) is 154 Å². The Morgan fingerprint density at radius 2 is 1.35 bits per heavy atom. The molecule has 0 spiro atoms. The van der Waals surface area contributed by atoms with E-state index in [1.807, 2.05) is 24.5 Å². The first-order valence-corrected chi connectivity index (χ1v) is 17.5. The van der Waals surface area contributed by atoms with Gasteiger partial charge in [0.05, 0.1) is 5.71 Å². The van der Waals surface area contributed by atoms with Crippen molar-refractivity contribution in [2.75, 3.05) is 0 Å². The number of hydrogen-bond acceptors (Lipinski definition) is 5. The third-order valence-electron chi connectivity index (χ3n) is 10.6. The van der Waals surface area contributed by atoms with Gasteiger partial charge in [0.1, 0.15) is 34.3 Å². The van der Waals surface area contributed by atoms with E-state index < -0.39 is 0 Å². The van der Waals surface area contributed by atoms with Gasteiger partial charge in [-0.2, -0.15) is 0 Å². The summed E-state index contributed by atoms with van der Waals surface area (Å²) in [5.74, 6) is 2.08. The summed E-state index contributed by atoms with van der Waals surface area (Å²) >= 11 is 0. The van der Waals surface area contributed by atoms with E-state index in [1.165, 1.54) is 16.7 Å². The van der Waals surface area contributed by atoms with Gasteiger partial charge in [0.15, 0.2) is 5.58 Å². The second-order valence-corrected chi connectivity index (χ2v) is 13.6. The molecule has 2 aliphatic heterocycles. The van der Waals surface area contributed by atoms with Crippen molar-refractivity contribution in [2.45, 2.75) is 24.9 Å². The molecule has 0 radical (unpaired) electrons. The van der Waals surface area contributed by atoms with Gasteiger partial charge in [-0.1, -0.05) is 72.8 Å². The summed E-state index contributed by atoms with van der Waals surface area (Å²) in [7, 11) is 0. The summed E-state index contributed by atoms with van der Waals surface area (Å²) in [6.07, 6.45) is 11.9. The van der Waals surface area contributed by atoms with Gasteiger partial charge in [-0.25, -0.2) is 0 Å². The zero-order chi connectivity index (χ0) is 33.5. The molecule has 5 heterocycles. The zero-order valence-electron chi connectivity index (χ0n) is 27.5. The van der Waals surface area contributed by atoms with Gasteiger partial charge in [-0.15, -0.1) is 0 Å². The SMILES string of the molecule is C1=CN=C2c3cc(-c4cccc(-c5ccc6oc7ccc(-c8cccc(C9C=Cc%10oc%11cccnc%11c%10C9)c8)cc7c6c5)c4)ccc3OC2C1. The van der Waals surface area contributed by atoms with E-state index in [0.717, 1.165) is 96.5 Å². The molecule has 8 aromatic rings. The Labute approximate surface area is 293 Å². The lowest BCUT2D eigenvalue weighted by atomic mass is 9.86. The van der Waals surface area contributed by atoms with Gasteiger partial charge in [0, 0.05) is 46.6 Å². The number of furan rings is 2. The molecule has 0 bridgehead atoms. The van der Waals surface area contributed by atoms with Gasteiger partial charge >= 0.3 is 0 Å². The molecule has 11 rings (SSSR count). The lowest BCUT2D eigenvalue weighted by Crippen LogP contribution is -2.21. The molecule has 0 amide bonds. The number of nitrogens with zero attached hydrogens (tertiary/aromatic N) is 2. The monoisotopic (exact) mass is 658 g/mol. The number of ether oxygens (including phenoxy) is 1. The predicted molar refractivity (Wildman–Crippen MR) is 204 cm³/mol. The lowest BCUT2D eigenvalue weighted by Gasteiger charge is -2.17. The van der Waals surface area contributed by atoms with Crippen LogP contribution in [0.2, 0.25) is 0 Å². The van der Waals surface area contributed by atoms with Crippen LogP contribution in [0.3, 0.4) is 0 Å². The smallest absolute Gasteiger partial charge is 0.153 e. The van der Waals surface area contributed by atoms with E-state index in [0.29, 0.717) is 0 Å². The Hall–Kier alpha value is -6.46. The van der Waals surface area contributed by atoms with Gasteiger partial charge in [-0.3, -0.25) is 9.98 Å². The molecule has 2 atom stereocenters. The van der Waals surface area contributed by atoms with Crippen LogP contribution in [0.5, 0.6) is 5.75 Å². The maximum absolute atomic E-state index is 6.34. The molecule has 5 heteroatoms. The normalized spacial score (nSPS) is 17.4. The van der Waals surface area contributed by atoms with Crippen LogP contribution in [0.4, 0.5) is 0 Å². The van der Waals surface area contributed by atoms with Crippen LogP contribution < -0.4 is 4.74 Å². The van der Waals surface area contributed by atoms with Crippen molar-refractivity contribution in [1.82, 2.24) is 4.98 Å². The van der Waals surface area contributed by atoms with Crippen LogP contribution in [-0.4, -0.2) is 16.8 Å². The molecule has 51 heavy (non-hydrogen) atoms. The summed E-state index contributed by atoms with van der Waals surface area (Å²) < 4.78 is 18.6.